The monoisotopic (exact) mass is 457 g/mol. The molecule has 154 valence electrons. The number of thiophene rings is 1. The lowest BCUT2D eigenvalue weighted by Crippen LogP contribution is -2.14. The van der Waals surface area contributed by atoms with Crippen LogP contribution in [0.4, 0.5) is 0 Å². The molecule has 1 amide bonds. The number of amides is 1. The van der Waals surface area contributed by atoms with Gasteiger partial charge in [-0.1, -0.05) is 17.8 Å². The summed E-state index contributed by atoms with van der Waals surface area (Å²) in [5.74, 6) is 1.89. The van der Waals surface area contributed by atoms with Crippen molar-refractivity contribution in [2.24, 2.45) is 5.73 Å². The molecule has 0 aliphatic rings. The first-order valence-corrected chi connectivity index (χ1v) is 11.9. The summed E-state index contributed by atoms with van der Waals surface area (Å²) in [5.41, 5.74) is 7.38. The molecule has 30 heavy (non-hydrogen) atoms. The molecule has 0 fully saturated rings. The highest BCUT2D eigenvalue weighted by Crippen LogP contribution is 2.31. The van der Waals surface area contributed by atoms with Gasteiger partial charge < -0.3 is 15.0 Å². The molecule has 0 bridgehead atoms. The minimum atomic E-state index is -0.347. The van der Waals surface area contributed by atoms with Gasteiger partial charge in [0.15, 0.2) is 11.0 Å². The Bertz CT molecular complexity index is 1120. The zero-order valence-corrected chi connectivity index (χ0v) is 18.6. The first kappa shape index (κ1) is 20.6. The molecule has 0 saturated carbocycles. The van der Waals surface area contributed by atoms with Crippen molar-refractivity contribution in [3.63, 3.8) is 0 Å². The van der Waals surface area contributed by atoms with E-state index in [4.69, 9.17) is 15.5 Å². The number of methoxy groups -OCH3 is 1. The fraction of sp³-hybridized carbons (Fsp3) is 0.200. The Labute approximate surface area is 185 Å². The molecule has 0 radical (unpaired) electrons. The molecule has 3 aromatic heterocycles. The zero-order valence-electron chi connectivity index (χ0n) is 16.1. The molecule has 0 atom stereocenters. The summed E-state index contributed by atoms with van der Waals surface area (Å²) in [7, 11) is 1.65. The number of thioether (sulfide) groups is 1. The summed E-state index contributed by atoms with van der Waals surface area (Å²) >= 11 is 4.74. The van der Waals surface area contributed by atoms with Crippen molar-refractivity contribution in [1.29, 1.82) is 0 Å². The van der Waals surface area contributed by atoms with Gasteiger partial charge in [-0.2, -0.15) is 0 Å². The number of carbonyl (C=O) groups excluding carboxylic acids is 1. The summed E-state index contributed by atoms with van der Waals surface area (Å²) in [5, 5.41) is 14.4. The highest BCUT2D eigenvalue weighted by atomic mass is 32.2. The summed E-state index contributed by atoms with van der Waals surface area (Å²) in [6, 6.07) is 11.8. The number of carbonyl (C=O) groups is 1. The third-order valence-corrected chi connectivity index (χ3v) is 7.08. The maximum absolute atomic E-state index is 11.3. The number of hydrogen-bond donors (Lipinski definition) is 1. The maximum atomic E-state index is 11.3. The highest BCUT2D eigenvalue weighted by molar-refractivity contribution is 7.98. The molecule has 10 heteroatoms. The first-order chi connectivity index (χ1) is 14.6. The van der Waals surface area contributed by atoms with E-state index in [-0.39, 0.29) is 12.3 Å². The quantitative estimate of drug-likeness (QED) is 0.376. The molecular weight excluding hydrogens is 438 g/mol. The lowest BCUT2D eigenvalue weighted by molar-refractivity contribution is -0.118. The van der Waals surface area contributed by atoms with E-state index in [0.29, 0.717) is 12.3 Å². The van der Waals surface area contributed by atoms with Gasteiger partial charge >= 0.3 is 0 Å². The molecule has 0 unspecified atom stereocenters. The number of rotatable bonds is 9. The van der Waals surface area contributed by atoms with Crippen molar-refractivity contribution >= 4 is 40.3 Å². The number of nitrogens with two attached hydrogens (primary N) is 1. The van der Waals surface area contributed by atoms with Crippen molar-refractivity contribution in [3.8, 4) is 27.0 Å². The van der Waals surface area contributed by atoms with Crippen LogP contribution in [0.1, 0.15) is 12.1 Å². The van der Waals surface area contributed by atoms with E-state index in [0.717, 1.165) is 37.9 Å². The van der Waals surface area contributed by atoms with Crippen molar-refractivity contribution in [2.45, 2.75) is 23.9 Å². The lowest BCUT2D eigenvalue weighted by Gasteiger charge is -2.07. The second kappa shape index (κ2) is 9.41. The van der Waals surface area contributed by atoms with Crippen LogP contribution in [0.5, 0.6) is 5.75 Å². The molecule has 3 heterocycles. The van der Waals surface area contributed by atoms with Crippen molar-refractivity contribution < 1.29 is 9.53 Å². The molecule has 0 aliphatic carbocycles. The zero-order chi connectivity index (χ0) is 20.9. The predicted molar refractivity (Wildman–Crippen MR) is 121 cm³/mol. The van der Waals surface area contributed by atoms with E-state index in [2.05, 4.69) is 15.6 Å². The number of hydrogen-bond acceptors (Lipinski definition) is 8. The van der Waals surface area contributed by atoms with Gasteiger partial charge in [0.05, 0.1) is 17.7 Å². The van der Waals surface area contributed by atoms with Gasteiger partial charge in [-0.15, -0.1) is 32.9 Å². The van der Waals surface area contributed by atoms with Crippen LogP contribution >= 0.6 is 34.4 Å². The molecular formula is C20H19N5O2S3. The van der Waals surface area contributed by atoms with E-state index in [1.165, 1.54) is 0 Å². The van der Waals surface area contributed by atoms with E-state index in [1.54, 1.807) is 41.5 Å². The van der Waals surface area contributed by atoms with E-state index >= 15 is 0 Å². The topological polar surface area (TPSA) is 95.9 Å². The minimum absolute atomic E-state index is 0.238. The first-order valence-electron chi connectivity index (χ1n) is 9.11. The smallest absolute Gasteiger partial charge is 0.219 e. The van der Waals surface area contributed by atoms with E-state index in [1.807, 2.05) is 46.3 Å². The van der Waals surface area contributed by atoms with Crippen LogP contribution in [-0.4, -0.2) is 32.8 Å². The summed E-state index contributed by atoms with van der Waals surface area (Å²) in [6.07, 6.45) is 0.238. The van der Waals surface area contributed by atoms with E-state index in [9.17, 15) is 4.79 Å². The number of primary amides is 1. The molecule has 4 aromatic rings. The number of thiazole rings is 1. The SMILES string of the molecule is COc1ccc(-c2nc(CSc3nnc(-c4cccs4)n3CCC(N)=O)cs2)cc1. The normalized spacial score (nSPS) is 11.0. The minimum Gasteiger partial charge on any atom is -0.497 e. The van der Waals surface area contributed by atoms with Crippen molar-refractivity contribution in [1.82, 2.24) is 19.7 Å². The number of ether oxygens (including phenoxy) is 1. The molecule has 0 spiro atoms. The lowest BCUT2D eigenvalue weighted by atomic mass is 10.2. The predicted octanol–water partition coefficient (Wildman–Crippen LogP) is 4.31. The van der Waals surface area contributed by atoms with Crippen molar-refractivity contribution in [2.75, 3.05) is 7.11 Å². The van der Waals surface area contributed by atoms with Gasteiger partial charge in [0.25, 0.3) is 0 Å². The van der Waals surface area contributed by atoms with E-state index < -0.39 is 0 Å². The summed E-state index contributed by atoms with van der Waals surface area (Å²) in [4.78, 5) is 17.1. The second-order valence-electron chi connectivity index (χ2n) is 6.31. The molecule has 4 rings (SSSR count). The Morgan fingerprint density at radius 2 is 2.03 bits per heavy atom. The Balaban J connectivity index is 1.49. The second-order valence-corrected chi connectivity index (χ2v) is 9.06. The largest absolute Gasteiger partial charge is 0.497 e. The Hall–Kier alpha value is -2.69. The molecule has 2 N–H and O–H groups in total. The van der Waals surface area contributed by atoms with Crippen molar-refractivity contribution in [3.05, 3.63) is 52.9 Å². The van der Waals surface area contributed by atoms with Gasteiger partial charge in [-0.05, 0) is 35.7 Å². The van der Waals surface area contributed by atoms with Gasteiger partial charge in [-0.25, -0.2) is 4.98 Å². The average Bonchev–Trinajstić information content (AvgIpc) is 3.51. The Morgan fingerprint density at radius 3 is 2.73 bits per heavy atom. The standard InChI is InChI=1S/C20H19N5O2S3/c1-27-15-6-4-13(5-7-15)19-22-14(11-29-19)12-30-20-24-23-18(16-3-2-10-28-16)25(20)9-8-17(21)26/h2-7,10-11H,8-9,12H2,1H3,(H2,21,26). The molecule has 0 saturated heterocycles. The fourth-order valence-corrected chi connectivity index (χ4v) is 5.29. The van der Waals surface area contributed by atoms with Gasteiger partial charge in [-0.3, -0.25) is 4.79 Å². The van der Waals surface area contributed by atoms with Gasteiger partial charge in [0, 0.05) is 29.7 Å². The number of benzene rings is 1. The van der Waals surface area contributed by atoms with Crippen LogP contribution in [0.25, 0.3) is 21.3 Å². The van der Waals surface area contributed by atoms with Gasteiger partial charge in [0.2, 0.25) is 5.91 Å². The Morgan fingerprint density at radius 1 is 1.20 bits per heavy atom. The average molecular weight is 458 g/mol. The van der Waals surface area contributed by atoms with Crippen LogP contribution < -0.4 is 10.5 Å². The highest BCUT2D eigenvalue weighted by Gasteiger charge is 2.16. The van der Waals surface area contributed by atoms with Crippen LogP contribution in [0.2, 0.25) is 0 Å². The summed E-state index contributed by atoms with van der Waals surface area (Å²) < 4.78 is 7.17. The van der Waals surface area contributed by atoms with Crippen LogP contribution in [0.3, 0.4) is 0 Å². The summed E-state index contributed by atoms with van der Waals surface area (Å²) in [6.45, 7) is 0.450. The fourth-order valence-electron chi connectivity index (χ4n) is 2.79. The Kier molecular flexibility index (Phi) is 6.46. The van der Waals surface area contributed by atoms with Gasteiger partial charge in [0.1, 0.15) is 10.8 Å². The number of aromatic nitrogens is 4. The molecule has 7 nitrogen and oxygen atoms in total. The maximum Gasteiger partial charge on any atom is 0.219 e. The van der Waals surface area contributed by atoms with Crippen LogP contribution in [0.15, 0.2) is 52.3 Å². The van der Waals surface area contributed by atoms with Crippen LogP contribution in [0, 0.1) is 0 Å². The molecule has 1 aromatic carbocycles. The molecule has 0 aliphatic heterocycles. The third-order valence-electron chi connectivity index (χ3n) is 4.28. The third kappa shape index (κ3) is 4.72. The van der Waals surface area contributed by atoms with Crippen LogP contribution in [-0.2, 0) is 17.1 Å². The number of nitrogens with zero attached hydrogens (tertiary/aromatic N) is 4.